The molecule has 1 aliphatic rings. The number of aliphatic hydroxyl groups is 1. The Bertz CT molecular complexity index is 634. The van der Waals surface area contributed by atoms with Gasteiger partial charge < -0.3 is 15.1 Å². The molecule has 1 heterocycles. The maximum absolute atomic E-state index is 12.7. The summed E-state index contributed by atoms with van der Waals surface area (Å²) < 4.78 is 38.6. The number of carboxylic acid groups (broad SMARTS) is 1. The highest BCUT2D eigenvalue weighted by molar-refractivity contribution is 9.10. The number of hydrogen-bond donors (Lipinski definition) is 2. The van der Waals surface area contributed by atoms with Crippen LogP contribution in [0.25, 0.3) is 0 Å². The van der Waals surface area contributed by atoms with Gasteiger partial charge in [0.05, 0.1) is 12.1 Å². The van der Waals surface area contributed by atoms with E-state index >= 15 is 0 Å². The number of halogens is 4. The molecule has 1 aliphatic heterocycles. The van der Waals surface area contributed by atoms with E-state index in [0.717, 1.165) is 11.0 Å². The Morgan fingerprint density at radius 3 is 2.32 bits per heavy atom. The van der Waals surface area contributed by atoms with E-state index in [1.807, 2.05) is 0 Å². The topological polar surface area (TPSA) is 77.8 Å². The maximum atomic E-state index is 12.7. The third-order valence-electron chi connectivity index (χ3n) is 3.45. The Balaban J connectivity index is 2.25. The van der Waals surface area contributed by atoms with Gasteiger partial charge in [-0.15, -0.1) is 0 Å². The molecule has 2 N–H and O–H groups in total. The standard InChI is InChI=1S/C13H11BrF3NO4/c14-9-4-7(3-8(5-9)11(20)21)10(19)18-2-1-12(22,6-18)13(15,16)17/h3-5,22H,1-2,6H2,(H,20,21). The molecule has 0 aromatic heterocycles. The van der Waals surface area contributed by atoms with Gasteiger partial charge in [-0.25, -0.2) is 4.79 Å². The molecule has 120 valence electrons. The van der Waals surface area contributed by atoms with Crippen LogP contribution < -0.4 is 0 Å². The van der Waals surface area contributed by atoms with Crippen molar-refractivity contribution in [1.82, 2.24) is 4.90 Å². The van der Waals surface area contributed by atoms with Gasteiger partial charge in [0.2, 0.25) is 0 Å². The number of aromatic carboxylic acids is 1. The minimum absolute atomic E-state index is 0.0572. The van der Waals surface area contributed by atoms with Gasteiger partial charge in [0, 0.05) is 23.0 Å². The molecule has 1 atom stereocenters. The van der Waals surface area contributed by atoms with E-state index in [2.05, 4.69) is 15.9 Å². The number of alkyl halides is 3. The van der Waals surface area contributed by atoms with Crippen LogP contribution in [0.5, 0.6) is 0 Å². The molecule has 1 amide bonds. The van der Waals surface area contributed by atoms with E-state index in [0.29, 0.717) is 4.47 Å². The lowest BCUT2D eigenvalue weighted by molar-refractivity contribution is -0.253. The van der Waals surface area contributed by atoms with E-state index in [4.69, 9.17) is 5.11 Å². The summed E-state index contributed by atoms with van der Waals surface area (Å²) in [4.78, 5) is 24.0. The van der Waals surface area contributed by atoms with E-state index in [1.54, 1.807) is 0 Å². The number of nitrogens with zero attached hydrogens (tertiary/aromatic N) is 1. The third kappa shape index (κ3) is 3.09. The van der Waals surface area contributed by atoms with Crippen molar-refractivity contribution in [1.29, 1.82) is 0 Å². The van der Waals surface area contributed by atoms with Crippen LogP contribution in [0.1, 0.15) is 27.1 Å². The van der Waals surface area contributed by atoms with Crippen LogP contribution in [0, 0.1) is 0 Å². The van der Waals surface area contributed by atoms with Crippen molar-refractivity contribution in [2.24, 2.45) is 0 Å². The van der Waals surface area contributed by atoms with Crippen molar-refractivity contribution < 1.29 is 33.0 Å². The predicted octanol–water partition coefficient (Wildman–Crippen LogP) is 2.29. The second-order valence-electron chi connectivity index (χ2n) is 5.04. The molecular formula is C13H11BrF3NO4. The van der Waals surface area contributed by atoms with Crippen LogP contribution >= 0.6 is 15.9 Å². The summed E-state index contributed by atoms with van der Waals surface area (Å²) in [5.41, 5.74) is -3.15. The number of likely N-dealkylation sites (tertiary alicyclic amines) is 1. The molecule has 1 fully saturated rings. The third-order valence-corrected chi connectivity index (χ3v) is 3.91. The fourth-order valence-corrected chi connectivity index (χ4v) is 2.71. The van der Waals surface area contributed by atoms with Gasteiger partial charge >= 0.3 is 12.1 Å². The Labute approximate surface area is 131 Å². The SMILES string of the molecule is O=C(O)c1cc(Br)cc(C(=O)N2CCC(O)(C(F)(F)F)C2)c1. The van der Waals surface area contributed by atoms with Crippen molar-refractivity contribution >= 4 is 27.8 Å². The first-order chi connectivity index (χ1) is 10.0. The van der Waals surface area contributed by atoms with Gasteiger partial charge in [-0.05, 0) is 18.2 Å². The number of carbonyl (C=O) groups is 2. The number of hydrogen-bond acceptors (Lipinski definition) is 3. The number of β-amino-alcohol motifs (C(OH)–C–C–N with tert-alkyl or cyclic N) is 1. The zero-order valence-corrected chi connectivity index (χ0v) is 12.6. The summed E-state index contributed by atoms with van der Waals surface area (Å²) in [6, 6.07) is 3.68. The smallest absolute Gasteiger partial charge is 0.419 e. The van der Waals surface area contributed by atoms with Crippen LogP contribution in [0.3, 0.4) is 0 Å². The van der Waals surface area contributed by atoms with Crippen molar-refractivity contribution in [3.05, 3.63) is 33.8 Å². The highest BCUT2D eigenvalue weighted by Crippen LogP contribution is 2.38. The zero-order chi connectivity index (χ0) is 16.7. The summed E-state index contributed by atoms with van der Waals surface area (Å²) in [5.74, 6) is -2.02. The predicted molar refractivity (Wildman–Crippen MR) is 72.6 cm³/mol. The largest absolute Gasteiger partial charge is 0.478 e. The molecule has 1 unspecified atom stereocenters. The molecule has 1 saturated heterocycles. The van der Waals surface area contributed by atoms with E-state index in [1.165, 1.54) is 12.1 Å². The lowest BCUT2D eigenvalue weighted by Gasteiger charge is -2.26. The van der Waals surface area contributed by atoms with Crippen molar-refractivity contribution in [3.8, 4) is 0 Å². The molecule has 22 heavy (non-hydrogen) atoms. The summed E-state index contributed by atoms with van der Waals surface area (Å²) >= 11 is 3.05. The van der Waals surface area contributed by atoms with Gasteiger partial charge in [0.25, 0.3) is 5.91 Å². The van der Waals surface area contributed by atoms with Gasteiger partial charge in [-0.1, -0.05) is 15.9 Å². The van der Waals surface area contributed by atoms with E-state index < -0.39 is 36.6 Å². The van der Waals surface area contributed by atoms with E-state index in [9.17, 15) is 27.9 Å². The van der Waals surface area contributed by atoms with Crippen LogP contribution in [-0.2, 0) is 0 Å². The second-order valence-corrected chi connectivity index (χ2v) is 5.96. The molecule has 5 nitrogen and oxygen atoms in total. The number of carbonyl (C=O) groups excluding carboxylic acids is 1. The quantitative estimate of drug-likeness (QED) is 0.823. The Morgan fingerprint density at radius 2 is 1.82 bits per heavy atom. The number of benzene rings is 1. The number of amides is 1. The first-order valence-corrected chi connectivity index (χ1v) is 6.95. The van der Waals surface area contributed by atoms with Crippen molar-refractivity contribution in [2.75, 3.05) is 13.1 Å². The molecule has 9 heteroatoms. The summed E-state index contributed by atoms with van der Waals surface area (Å²) in [6.45, 7) is -1.13. The summed E-state index contributed by atoms with van der Waals surface area (Å²) in [5, 5.41) is 18.5. The molecule has 0 saturated carbocycles. The Hall–Kier alpha value is -1.61. The monoisotopic (exact) mass is 381 g/mol. The zero-order valence-electron chi connectivity index (χ0n) is 11.0. The minimum Gasteiger partial charge on any atom is -0.478 e. The number of carboxylic acids is 1. The van der Waals surface area contributed by atoms with Crippen LogP contribution in [0.15, 0.2) is 22.7 Å². The van der Waals surface area contributed by atoms with Gasteiger partial charge in [0.1, 0.15) is 0 Å². The Kier molecular flexibility index (Phi) is 4.22. The molecule has 0 bridgehead atoms. The number of rotatable bonds is 2. The lowest BCUT2D eigenvalue weighted by atomic mass is 10.0. The van der Waals surface area contributed by atoms with Crippen LogP contribution in [-0.4, -0.2) is 51.9 Å². The van der Waals surface area contributed by atoms with Gasteiger partial charge in [-0.2, -0.15) is 13.2 Å². The lowest BCUT2D eigenvalue weighted by Crippen LogP contribution is -2.48. The first-order valence-electron chi connectivity index (χ1n) is 6.16. The summed E-state index contributed by atoms with van der Waals surface area (Å²) in [6.07, 6.45) is -5.44. The molecular weight excluding hydrogens is 371 g/mol. The summed E-state index contributed by atoms with van der Waals surface area (Å²) in [7, 11) is 0. The molecule has 0 aliphatic carbocycles. The van der Waals surface area contributed by atoms with Crippen LogP contribution in [0.4, 0.5) is 13.2 Å². The molecule has 1 aromatic carbocycles. The average Bonchev–Trinajstić information content (AvgIpc) is 2.80. The Morgan fingerprint density at radius 1 is 1.23 bits per heavy atom. The molecule has 0 radical (unpaired) electrons. The fourth-order valence-electron chi connectivity index (χ4n) is 2.22. The van der Waals surface area contributed by atoms with Gasteiger partial charge in [-0.3, -0.25) is 4.79 Å². The maximum Gasteiger partial charge on any atom is 0.419 e. The fraction of sp³-hybridized carbons (Fsp3) is 0.385. The average molecular weight is 382 g/mol. The van der Waals surface area contributed by atoms with Crippen LogP contribution in [0.2, 0.25) is 0 Å². The normalized spacial score (nSPS) is 22.0. The minimum atomic E-state index is -4.83. The van der Waals surface area contributed by atoms with Crippen molar-refractivity contribution in [3.63, 3.8) is 0 Å². The molecule has 1 aromatic rings. The first kappa shape index (κ1) is 16.8. The van der Waals surface area contributed by atoms with Gasteiger partial charge in [0.15, 0.2) is 5.60 Å². The molecule has 2 rings (SSSR count). The second kappa shape index (κ2) is 5.54. The highest BCUT2D eigenvalue weighted by atomic mass is 79.9. The highest BCUT2D eigenvalue weighted by Gasteiger charge is 2.57. The van der Waals surface area contributed by atoms with Crippen molar-refractivity contribution in [2.45, 2.75) is 18.2 Å². The van der Waals surface area contributed by atoms with E-state index in [-0.39, 0.29) is 17.7 Å². The molecule has 0 spiro atoms.